The molecule has 6 atom stereocenters. The fourth-order valence-corrected chi connectivity index (χ4v) is 5.48. The predicted molar refractivity (Wildman–Crippen MR) is 100 cm³/mol. The summed E-state index contributed by atoms with van der Waals surface area (Å²) in [5.74, 6) is 5.74. The molecular formula is C22H42O. The molecule has 0 heterocycles. The van der Waals surface area contributed by atoms with Crippen LogP contribution in [0.4, 0.5) is 0 Å². The van der Waals surface area contributed by atoms with Crippen molar-refractivity contribution in [1.29, 1.82) is 0 Å². The Bertz CT molecular complexity index is 329. The third kappa shape index (κ3) is 5.21. The van der Waals surface area contributed by atoms with E-state index >= 15 is 0 Å². The minimum atomic E-state index is -0.170. The van der Waals surface area contributed by atoms with Crippen molar-refractivity contribution in [1.82, 2.24) is 0 Å². The van der Waals surface area contributed by atoms with Crippen LogP contribution >= 0.6 is 0 Å². The number of aliphatic hydroxyl groups excluding tert-OH is 1. The van der Waals surface area contributed by atoms with Crippen molar-refractivity contribution in [3.63, 3.8) is 0 Å². The second-order valence-corrected chi connectivity index (χ2v) is 9.37. The predicted octanol–water partition coefficient (Wildman–Crippen LogP) is 6.30. The molecule has 1 nitrogen and oxygen atoms in total. The number of hydrogen-bond acceptors (Lipinski definition) is 1. The Morgan fingerprint density at radius 3 is 1.87 bits per heavy atom. The van der Waals surface area contributed by atoms with Gasteiger partial charge in [0.25, 0.3) is 0 Å². The van der Waals surface area contributed by atoms with Crippen molar-refractivity contribution < 1.29 is 5.11 Å². The minimum absolute atomic E-state index is 0.170. The number of rotatable bonds is 5. The fourth-order valence-electron chi connectivity index (χ4n) is 5.48. The standard InChI is InChI=1S/C22H42O/c1-15-7-6-8-21(10-9-15)22-13-11-20(12-14-22)18(4)16(2)17(3)19(5)23/h15-23H,6-14H2,1-5H3. The van der Waals surface area contributed by atoms with Crippen molar-refractivity contribution >= 4 is 0 Å². The van der Waals surface area contributed by atoms with Crippen LogP contribution in [0, 0.1) is 41.4 Å². The summed E-state index contributed by atoms with van der Waals surface area (Å²) in [5.41, 5.74) is 0. The van der Waals surface area contributed by atoms with Crippen LogP contribution in [0.3, 0.4) is 0 Å². The summed E-state index contributed by atoms with van der Waals surface area (Å²) in [6, 6.07) is 0. The molecule has 2 fully saturated rings. The first kappa shape index (κ1) is 19.3. The Hall–Kier alpha value is -0.0400. The van der Waals surface area contributed by atoms with Gasteiger partial charge in [0.15, 0.2) is 0 Å². The highest BCUT2D eigenvalue weighted by Gasteiger charge is 2.34. The summed E-state index contributed by atoms with van der Waals surface area (Å²) < 4.78 is 0. The molecule has 0 aromatic heterocycles. The van der Waals surface area contributed by atoms with Gasteiger partial charge in [-0.15, -0.1) is 0 Å². The average Bonchev–Trinajstić information content (AvgIpc) is 2.77. The first-order valence-electron chi connectivity index (χ1n) is 10.6. The third-order valence-electron chi connectivity index (χ3n) is 7.95. The largest absolute Gasteiger partial charge is 0.393 e. The molecular weight excluding hydrogens is 280 g/mol. The summed E-state index contributed by atoms with van der Waals surface area (Å²) in [6.07, 6.45) is 13.1. The van der Waals surface area contributed by atoms with Gasteiger partial charge in [0, 0.05) is 0 Å². The van der Waals surface area contributed by atoms with Crippen LogP contribution in [0.15, 0.2) is 0 Å². The molecule has 1 heteroatoms. The molecule has 2 aliphatic rings. The van der Waals surface area contributed by atoms with Gasteiger partial charge in [-0.1, -0.05) is 53.4 Å². The van der Waals surface area contributed by atoms with Crippen LogP contribution < -0.4 is 0 Å². The van der Waals surface area contributed by atoms with Gasteiger partial charge in [0.05, 0.1) is 6.10 Å². The molecule has 0 aromatic rings. The number of hydrogen-bond donors (Lipinski definition) is 1. The molecule has 0 saturated heterocycles. The van der Waals surface area contributed by atoms with E-state index in [2.05, 4.69) is 27.7 Å². The van der Waals surface area contributed by atoms with Crippen LogP contribution in [0.25, 0.3) is 0 Å². The van der Waals surface area contributed by atoms with Gasteiger partial charge in [0.1, 0.15) is 0 Å². The van der Waals surface area contributed by atoms with Gasteiger partial charge in [-0.05, 0) is 80.5 Å². The Balaban J connectivity index is 1.81. The molecule has 0 amide bonds. The molecule has 23 heavy (non-hydrogen) atoms. The van der Waals surface area contributed by atoms with Crippen LogP contribution in [0.5, 0.6) is 0 Å². The van der Waals surface area contributed by atoms with Gasteiger partial charge in [-0.3, -0.25) is 0 Å². The summed E-state index contributed by atoms with van der Waals surface area (Å²) in [4.78, 5) is 0. The highest BCUT2D eigenvalue weighted by Crippen LogP contribution is 2.44. The van der Waals surface area contributed by atoms with E-state index in [4.69, 9.17) is 0 Å². The van der Waals surface area contributed by atoms with E-state index in [1.807, 2.05) is 6.92 Å². The lowest BCUT2D eigenvalue weighted by molar-refractivity contribution is 0.0556. The highest BCUT2D eigenvalue weighted by molar-refractivity contribution is 4.84. The van der Waals surface area contributed by atoms with E-state index in [0.29, 0.717) is 11.8 Å². The van der Waals surface area contributed by atoms with Crippen molar-refractivity contribution in [2.45, 2.75) is 98.5 Å². The molecule has 2 rings (SSSR count). The highest BCUT2D eigenvalue weighted by atomic mass is 16.3. The van der Waals surface area contributed by atoms with Crippen molar-refractivity contribution in [2.24, 2.45) is 41.4 Å². The van der Waals surface area contributed by atoms with Crippen LogP contribution in [0.2, 0.25) is 0 Å². The van der Waals surface area contributed by atoms with Gasteiger partial charge in [-0.2, -0.15) is 0 Å². The van der Waals surface area contributed by atoms with E-state index in [9.17, 15) is 5.11 Å². The third-order valence-corrected chi connectivity index (χ3v) is 7.95. The smallest absolute Gasteiger partial charge is 0.0540 e. The van der Waals surface area contributed by atoms with Crippen molar-refractivity contribution in [3.8, 4) is 0 Å². The molecule has 6 unspecified atom stereocenters. The zero-order valence-corrected chi connectivity index (χ0v) is 16.4. The molecule has 136 valence electrons. The Kier molecular flexibility index (Phi) is 7.45. The molecule has 0 aromatic carbocycles. The maximum Gasteiger partial charge on any atom is 0.0540 e. The lowest BCUT2D eigenvalue weighted by atomic mass is 9.66. The maximum atomic E-state index is 9.90. The zero-order valence-electron chi connectivity index (χ0n) is 16.4. The maximum absolute atomic E-state index is 9.90. The molecule has 0 aliphatic heterocycles. The average molecular weight is 323 g/mol. The van der Waals surface area contributed by atoms with Gasteiger partial charge in [0.2, 0.25) is 0 Å². The van der Waals surface area contributed by atoms with Gasteiger partial charge < -0.3 is 5.11 Å². The molecule has 2 saturated carbocycles. The quantitative estimate of drug-likeness (QED) is 0.589. The van der Waals surface area contributed by atoms with Gasteiger partial charge >= 0.3 is 0 Å². The molecule has 2 aliphatic carbocycles. The molecule has 0 spiro atoms. The topological polar surface area (TPSA) is 20.2 Å². The molecule has 1 N–H and O–H groups in total. The Labute approximate surface area is 145 Å². The van der Waals surface area contributed by atoms with Crippen molar-refractivity contribution in [2.75, 3.05) is 0 Å². The van der Waals surface area contributed by atoms with E-state index < -0.39 is 0 Å². The van der Waals surface area contributed by atoms with E-state index in [-0.39, 0.29) is 6.10 Å². The Morgan fingerprint density at radius 1 is 0.696 bits per heavy atom. The number of aliphatic hydroxyl groups is 1. The zero-order chi connectivity index (χ0) is 17.0. The molecule has 0 bridgehead atoms. The summed E-state index contributed by atoms with van der Waals surface area (Å²) in [7, 11) is 0. The lowest BCUT2D eigenvalue weighted by Crippen LogP contribution is -2.32. The first-order chi connectivity index (χ1) is 10.9. The van der Waals surface area contributed by atoms with Crippen LogP contribution in [-0.4, -0.2) is 11.2 Å². The Morgan fingerprint density at radius 2 is 1.26 bits per heavy atom. The van der Waals surface area contributed by atoms with Crippen LogP contribution in [-0.2, 0) is 0 Å². The second kappa shape index (κ2) is 8.88. The molecule has 0 radical (unpaired) electrons. The van der Waals surface area contributed by atoms with Crippen LogP contribution in [0.1, 0.15) is 92.4 Å². The van der Waals surface area contributed by atoms with E-state index in [0.717, 1.165) is 29.6 Å². The van der Waals surface area contributed by atoms with Crippen molar-refractivity contribution in [3.05, 3.63) is 0 Å². The van der Waals surface area contributed by atoms with E-state index in [1.54, 1.807) is 0 Å². The SMILES string of the molecule is CC1CCCC(C2CCC(C(C)C(C)C(C)C(C)O)CC2)CC1. The summed E-state index contributed by atoms with van der Waals surface area (Å²) in [5, 5.41) is 9.90. The summed E-state index contributed by atoms with van der Waals surface area (Å²) in [6.45, 7) is 11.4. The fraction of sp³-hybridized carbons (Fsp3) is 1.00. The van der Waals surface area contributed by atoms with Gasteiger partial charge in [-0.25, -0.2) is 0 Å². The minimum Gasteiger partial charge on any atom is -0.393 e. The van der Waals surface area contributed by atoms with E-state index in [1.165, 1.54) is 57.8 Å². The first-order valence-corrected chi connectivity index (χ1v) is 10.6. The second-order valence-electron chi connectivity index (χ2n) is 9.37. The lowest BCUT2D eigenvalue weighted by Gasteiger charge is -2.39. The summed E-state index contributed by atoms with van der Waals surface area (Å²) >= 11 is 0. The monoisotopic (exact) mass is 322 g/mol. The normalized spacial score (nSPS) is 38.3.